The second kappa shape index (κ2) is 7.65. The number of carbonyl (C=O) groups excluding carboxylic acids is 1. The first-order chi connectivity index (χ1) is 10.5. The summed E-state index contributed by atoms with van der Waals surface area (Å²) >= 11 is 0. The zero-order valence-electron chi connectivity index (χ0n) is 12.8. The highest BCUT2D eigenvalue weighted by molar-refractivity contribution is 5.83. The number of halogens is 2. The zero-order valence-corrected chi connectivity index (χ0v) is 12.8. The third-order valence-electron chi connectivity index (χ3n) is 4.18. The first-order valence-corrected chi connectivity index (χ1v) is 7.64. The van der Waals surface area contributed by atoms with Gasteiger partial charge in [0.05, 0.1) is 6.54 Å². The molecule has 1 aromatic carbocycles. The van der Waals surface area contributed by atoms with Crippen LogP contribution in [-0.2, 0) is 4.79 Å². The van der Waals surface area contributed by atoms with Crippen molar-refractivity contribution in [3.8, 4) is 0 Å². The SMILES string of the molecule is CC[C@H]1CN(C(=O)[C@@H](N)c2ccccc2)CCN1CC(F)F. The molecule has 2 atom stereocenters. The van der Waals surface area contributed by atoms with Crippen molar-refractivity contribution < 1.29 is 13.6 Å². The highest BCUT2D eigenvalue weighted by Crippen LogP contribution is 2.19. The molecule has 0 aromatic heterocycles. The van der Waals surface area contributed by atoms with Crippen molar-refractivity contribution >= 4 is 5.91 Å². The quantitative estimate of drug-likeness (QED) is 0.903. The molecule has 0 bridgehead atoms. The number of amides is 1. The summed E-state index contributed by atoms with van der Waals surface area (Å²) in [5, 5.41) is 0. The van der Waals surface area contributed by atoms with Crippen LogP contribution >= 0.6 is 0 Å². The van der Waals surface area contributed by atoms with Crippen molar-refractivity contribution in [3.05, 3.63) is 35.9 Å². The largest absolute Gasteiger partial charge is 0.338 e. The van der Waals surface area contributed by atoms with E-state index in [2.05, 4.69) is 0 Å². The van der Waals surface area contributed by atoms with Crippen LogP contribution in [0.2, 0.25) is 0 Å². The molecule has 1 fully saturated rings. The molecule has 1 aromatic rings. The van der Waals surface area contributed by atoms with Crippen molar-refractivity contribution in [2.75, 3.05) is 26.2 Å². The molecule has 0 spiro atoms. The van der Waals surface area contributed by atoms with E-state index in [0.29, 0.717) is 19.6 Å². The van der Waals surface area contributed by atoms with Crippen LogP contribution in [-0.4, -0.2) is 54.4 Å². The number of nitrogens with zero attached hydrogens (tertiary/aromatic N) is 2. The lowest BCUT2D eigenvalue weighted by atomic mass is 10.0. The smallest absolute Gasteiger partial charge is 0.251 e. The summed E-state index contributed by atoms with van der Waals surface area (Å²) in [6.07, 6.45) is -1.61. The normalized spacial score (nSPS) is 21.1. The van der Waals surface area contributed by atoms with Gasteiger partial charge in [0.15, 0.2) is 0 Å². The molecule has 2 N–H and O–H groups in total. The van der Waals surface area contributed by atoms with Crippen LogP contribution in [0.25, 0.3) is 0 Å². The van der Waals surface area contributed by atoms with Gasteiger partial charge in [-0.05, 0) is 12.0 Å². The molecule has 1 aliphatic heterocycles. The Morgan fingerprint density at radius 3 is 2.59 bits per heavy atom. The van der Waals surface area contributed by atoms with Gasteiger partial charge in [0.1, 0.15) is 6.04 Å². The zero-order chi connectivity index (χ0) is 16.1. The first kappa shape index (κ1) is 16.8. The van der Waals surface area contributed by atoms with Crippen LogP contribution in [0.4, 0.5) is 8.78 Å². The fourth-order valence-corrected chi connectivity index (χ4v) is 2.90. The number of nitrogens with two attached hydrogens (primary N) is 1. The van der Waals surface area contributed by atoms with Gasteiger partial charge < -0.3 is 10.6 Å². The lowest BCUT2D eigenvalue weighted by Crippen LogP contribution is -2.56. The minimum atomic E-state index is -2.34. The van der Waals surface area contributed by atoms with Crippen LogP contribution in [0.15, 0.2) is 30.3 Å². The van der Waals surface area contributed by atoms with Gasteiger partial charge in [-0.2, -0.15) is 0 Å². The summed E-state index contributed by atoms with van der Waals surface area (Å²) in [4.78, 5) is 16.0. The molecule has 22 heavy (non-hydrogen) atoms. The molecular weight excluding hydrogens is 288 g/mol. The van der Waals surface area contributed by atoms with Gasteiger partial charge >= 0.3 is 0 Å². The molecule has 0 saturated carbocycles. The highest BCUT2D eigenvalue weighted by Gasteiger charge is 2.32. The van der Waals surface area contributed by atoms with Crippen LogP contribution in [0.3, 0.4) is 0 Å². The molecule has 1 heterocycles. The monoisotopic (exact) mass is 311 g/mol. The van der Waals surface area contributed by atoms with Crippen molar-refractivity contribution in [1.29, 1.82) is 0 Å². The van der Waals surface area contributed by atoms with Crippen molar-refractivity contribution in [1.82, 2.24) is 9.80 Å². The summed E-state index contributed by atoms with van der Waals surface area (Å²) in [6.45, 7) is 3.10. The molecular formula is C16H23F2N3O. The molecule has 1 saturated heterocycles. The molecule has 2 rings (SSSR count). The van der Waals surface area contributed by atoms with Crippen LogP contribution < -0.4 is 5.73 Å². The summed E-state index contributed by atoms with van der Waals surface area (Å²) in [5.41, 5.74) is 6.82. The fraction of sp³-hybridized carbons (Fsp3) is 0.562. The Labute approximate surface area is 129 Å². The predicted molar refractivity (Wildman–Crippen MR) is 81.6 cm³/mol. The topological polar surface area (TPSA) is 49.6 Å². The minimum Gasteiger partial charge on any atom is -0.338 e. The Morgan fingerprint density at radius 2 is 2.00 bits per heavy atom. The second-order valence-corrected chi connectivity index (χ2v) is 5.62. The minimum absolute atomic E-state index is 0.0327. The standard InChI is InChI=1S/C16H23F2N3O/c1-2-13-10-21(9-8-20(13)11-14(17)18)16(22)15(19)12-6-4-3-5-7-12/h3-7,13-15H,2,8-11,19H2,1H3/t13-,15-/m0/s1. The van der Waals surface area contributed by atoms with Crippen molar-refractivity contribution in [2.24, 2.45) is 5.73 Å². The number of benzene rings is 1. The molecule has 0 unspecified atom stereocenters. The van der Waals surface area contributed by atoms with E-state index in [1.165, 1.54) is 0 Å². The number of hydrogen-bond donors (Lipinski definition) is 1. The van der Waals surface area contributed by atoms with E-state index in [9.17, 15) is 13.6 Å². The van der Waals surface area contributed by atoms with Crippen molar-refractivity contribution in [2.45, 2.75) is 31.9 Å². The number of piperazine rings is 1. The number of hydrogen-bond acceptors (Lipinski definition) is 3. The van der Waals surface area contributed by atoms with E-state index >= 15 is 0 Å². The number of carbonyl (C=O) groups is 1. The van der Waals surface area contributed by atoms with E-state index < -0.39 is 12.5 Å². The molecule has 0 aliphatic carbocycles. The maximum absolute atomic E-state index is 12.6. The average molecular weight is 311 g/mol. The third kappa shape index (κ3) is 4.01. The Kier molecular flexibility index (Phi) is 5.85. The Balaban J connectivity index is 2.00. The number of alkyl halides is 2. The Hall–Kier alpha value is -1.53. The van der Waals surface area contributed by atoms with E-state index in [0.717, 1.165) is 12.0 Å². The van der Waals surface area contributed by atoms with E-state index in [4.69, 9.17) is 5.73 Å². The van der Waals surface area contributed by atoms with Gasteiger partial charge in [0.25, 0.3) is 6.43 Å². The summed E-state index contributed by atoms with van der Waals surface area (Å²) in [7, 11) is 0. The lowest BCUT2D eigenvalue weighted by Gasteiger charge is -2.41. The number of rotatable bonds is 5. The summed E-state index contributed by atoms with van der Waals surface area (Å²) in [5.74, 6) is -0.138. The molecule has 1 amide bonds. The fourth-order valence-electron chi connectivity index (χ4n) is 2.90. The highest BCUT2D eigenvalue weighted by atomic mass is 19.3. The third-order valence-corrected chi connectivity index (χ3v) is 4.18. The molecule has 6 heteroatoms. The van der Waals surface area contributed by atoms with Gasteiger partial charge in [-0.15, -0.1) is 0 Å². The van der Waals surface area contributed by atoms with Crippen LogP contribution in [0.1, 0.15) is 24.9 Å². The van der Waals surface area contributed by atoms with Gasteiger partial charge in [-0.1, -0.05) is 37.3 Å². The maximum atomic E-state index is 12.6. The molecule has 0 radical (unpaired) electrons. The van der Waals surface area contributed by atoms with E-state index in [1.807, 2.05) is 37.3 Å². The summed E-state index contributed by atoms with van der Waals surface area (Å²) < 4.78 is 25.2. The van der Waals surface area contributed by atoms with Gasteiger partial charge in [0, 0.05) is 25.7 Å². The van der Waals surface area contributed by atoms with Crippen molar-refractivity contribution in [3.63, 3.8) is 0 Å². The predicted octanol–water partition coefficient (Wildman–Crippen LogP) is 1.87. The second-order valence-electron chi connectivity index (χ2n) is 5.62. The molecule has 122 valence electrons. The Morgan fingerprint density at radius 1 is 1.32 bits per heavy atom. The summed E-state index contributed by atoms with van der Waals surface area (Å²) in [6, 6.07) is 8.49. The first-order valence-electron chi connectivity index (χ1n) is 7.64. The molecule has 1 aliphatic rings. The van der Waals surface area contributed by atoms with Gasteiger partial charge in [-0.3, -0.25) is 9.69 Å². The lowest BCUT2D eigenvalue weighted by molar-refractivity contribution is -0.136. The Bertz CT molecular complexity index is 484. The van der Waals surface area contributed by atoms with Gasteiger partial charge in [0.2, 0.25) is 5.91 Å². The van der Waals surface area contributed by atoms with Crippen LogP contribution in [0.5, 0.6) is 0 Å². The average Bonchev–Trinajstić information content (AvgIpc) is 2.54. The molecule has 4 nitrogen and oxygen atoms in total. The van der Waals surface area contributed by atoms with Gasteiger partial charge in [-0.25, -0.2) is 8.78 Å². The maximum Gasteiger partial charge on any atom is 0.251 e. The van der Waals surface area contributed by atoms with E-state index in [1.54, 1.807) is 9.80 Å². The van der Waals surface area contributed by atoms with E-state index in [-0.39, 0.29) is 18.5 Å². The van der Waals surface area contributed by atoms with Crippen LogP contribution in [0, 0.1) is 0 Å².